The molecule has 0 heterocycles. The SMILES string of the molecule is CS(=O)(=O)N(Cc1ccc(CNNC(=O)C(F)(F)F)c(F)c1)c1ccccc1. The minimum absolute atomic E-state index is 0.00292. The second-order valence-corrected chi connectivity index (χ2v) is 7.74. The number of carbonyl (C=O) groups is 1. The molecule has 6 nitrogen and oxygen atoms in total. The summed E-state index contributed by atoms with van der Waals surface area (Å²) in [5, 5.41) is 0. The Morgan fingerprint density at radius 1 is 1.11 bits per heavy atom. The lowest BCUT2D eigenvalue weighted by atomic mass is 10.1. The van der Waals surface area contributed by atoms with Gasteiger partial charge in [0.25, 0.3) is 0 Å². The van der Waals surface area contributed by atoms with Crippen LogP contribution in [0.25, 0.3) is 0 Å². The van der Waals surface area contributed by atoms with E-state index in [1.807, 2.05) is 5.43 Å². The molecular formula is C17H17F4N3O3S. The molecule has 28 heavy (non-hydrogen) atoms. The summed E-state index contributed by atoms with van der Waals surface area (Å²) in [6, 6.07) is 12.1. The highest BCUT2D eigenvalue weighted by atomic mass is 32.2. The third-order valence-electron chi connectivity index (χ3n) is 3.63. The third-order valence-corrected chi connectivity index (χ3v) is 4.77. The topological polar surface area (TPSA) is 78.5 Å². The fourth-order valence-corrected chi connectivity index (χ4v) is 3.17. The van der Waals surface area contributed by atoms with E-state index in [1.165, 1.54) is 17.6 Å². The summed E-state index contributed by atoms with van der Waals surface area (Å²) in [5.74, 6) is -2.95. The number of nitrogens with zero attached hydrogens (tertiary/aromatic N) is 1. The third kappa shape index (κ3) is 5.92. The molecule has 0 saturated heterocycles. The molecule has 0 aromatic heterocycles. The molecule has 2 N–H and O–H groups in total. The van der Waals surface area contributed by atoms with Gasteiger partial charge in [-0.1, -0.05) is 30.3 Å². The van der Waals surface area contributed by atoms with Crippen LogP contribution in [0.15, 0.2) is 48.5 Å². The second-order valence-electron chi connectivity index (χ2n) is 5.84. The molecule has 2 aromatic rings. The lowest BCUT2D eigenvalue weighted by Crippen LogP contribution is -2.44. The van der Waals surface area contributed by atoms with Gasteiger partial charge < -0.3 is 0 Å². The van der Waals surface area contributed by atoms with Crippen LogP contribution in [-0.4, -0.2) is 26.8 Å². The molecule has 152 valence electrons. The fourth-order valence-electron chi connectivity index (χ4n) is 2.28. The number of alkyl halides is 3. The van der Waals surface area contributed by atoms with E-state index in [0.29, 0.717) is 11.3 Å². The summed E-state index contributed by atoms with van der Waals surface area (Å²) < 4.78 is 75.7. The van der Waals surface area contributed by atoms with Crippen LogP contribution in [-0.2, 0) is 27.9 Å². The fraction of sp³-hybridized carbons (Fsp3) is 0.235. The number of hydrogen-bond donors (Lipinski definition) is 2. The van der Waals surface area contributed by atoms with Gasteiger partial charge in [-0.05, 0) is 23.8 Å². The van der Waals surface area contributed by atoms with E-state index in [1.54, 1.807) is 30.3 Å². The average molecular weight is 419 g/mol. The van der Waals surface area contributed by atoms with E-state index in [0.717, 1.165) is 16.6 Å². The number of rotatable bonds is 7. The van der Waals surface area contributed by atoms with Gasteiger partial charge in [0.2, 0.25) is 10.0 Å². The first kappa shape index (κ1) is 21.6. The number of halogens is 4. The quantitative estimate of drug-likeness (QED) is 0.534. The number of benzene rings is 2. The number of sulfonamides is 1. The zero-order valence-corrected chi connectivity index (χ0v) is 15.4. The van der Waals surface area contributed by atoms with E-state index in [9.17, 15) is 30.8 Å². The van der Waals surface area contributed by atoms with E-state index in [4.69, 9.17) is 0 Å². The van der Waals surface area contributed by atoms with Crippen LogP contribution in [0.1, 0.15) is 11.1 Å². The zero-order valence-electron chi connectivity index (χ0n) is 14.6. The number of hydrazine groups is 1. The molecule has 0 spiro atoms. The Bertz CT molecular complexity index is 934. The maximum atomic E-state index is 14.2. The van der Waals surface area contributed by atoms with Crippen molar-refractivity contribution in [1.82, 2.24) is 10.9 Å². The Kier molecular flexibility index (Phi) is 6.62. The van der Waals surface area contributed by atoms with Crippen molar-refractivity contribution in [3.8, 4) is 0 Å². The molecule has 0 saturated carbocycles. The maximum Gasteiger partial charge on any atom is 0.472 e. The summed E-state index contributed by atoms with van der Waals surface area (Å²) in [5.41, 5.74) is 4.16. The van der Waals surface area contributed by atoms with Gasteiger partial charge in [0.1, 0.15) is 5.82 Å². The van der Waals surface area contributed by atoms with Crippen LogP contribution in [0.3, 0.4) is 0 Å². The minimum Gasteiger partial charge on any atom is -0.283 e. The predicted molar refractivity (Wildman–Crippen MR) is 94.9 cm³/mol. The Labute approximate surface area is 159 Å². The molecule has 0 fully saturated rings. The Balaban J connectivity index is 2.09. The first-order valence-electron chi connectivity index (χ1n) is 7.88. The zero-order chi connectivity index (χ0) is 20.9. The van der Waals surface area contributed by atoms with Crippen molar-refractivity contribution < 1.29 is 30.8 Å². The number of carbonyl (C=O) groups excluding carboxylic acids is 1. The predicted octanol–water partition coefficient (Wildman–Crippen LogP) is 2.47. The molecule has 2 aromatic carbocycles. The van der Waals surface area contributed by atoms with Crippen LogP contribution in [0.4, 0.5) is 23.2 Å². The largest absolute Gasteiger partial charge is 0.472 e. The number of amides is 1. The van der Waals surface area contributed by atoms with Crippen molar-refractivity contribution in [3.63, 3.8) is 0 Å². The van der Waals surface area contributed by atoms with Crippen LogP contribution >= 0.6 is 0 Å². The van der Waals surface area contributed by atoms with Gasteiger partial charge >= 0.3 is 12.1 Å². The van der Waals surface area contributed by atoms with Gasteiger partial charge in [-0.2, -0.15) is 13.2 Å². The monoisotopic (exact) mass is 419 g/mol. The van der Waals surface area contributed by atoms with Gasteiger partial charge in [0.05, 0.1) is 18.5 Å². The van der Waals surface area contributed by atoms with E-state index in [-0.39, 0.29) is 18.7 Å². The summed E-state index contributed by atoms with van der Waals surface area (Å²) in [6.07, 6.45) is -4.03. The highest BCUT2D eigenvalue weighted by molar-refractivity contribution is 7.92. The maximum absolute atomic E-state index is 14.2. The molecule has 0 atom stereocenters. The molecule has 0 aliphatic heterocycles. The van der Waals surface area contributed by atoms with E-state index >= 15 is 0 Å². The van der Waals surface area contributed by atoms with Crippen LogP contribution < -0.4 is 15.2 Å². The van der Waals surface area contributed by atoms with Gasteiger partial charge in [-0.15, -0.1) is 0 Å². The number of anilines is 1. The molecule has 2 rings (SSSR count). The number of hydrogen-bond acceptors (Lipinski definition) is 4. The van der Waals surface area contributed by atoms with Crippen molar-refractivity contribution in [3.05, 3.63) is 65.5 Å². The minimum atomic E-state index is -5.05. The van der Waals surface area contributed by atoms with Crippen molar-refractivity contribution in [2.75, 3.05) is 10.6 Å². The molecule has 11 heteroatoms. The van der Waals surface area contributed by atoms with Gasteiger partial charge in [-0.3, -0.25) is 14.5 Å². The lowest BCUT2D eigenvalue weighted by molar-refractivity contribution is -0.174. The smallest absolute Gasteiger partial charge is 0.283 e. The second kappa shape index (κ2) is 8.57. The van der Waals surface area contributed by atoms with E-state index < -0.39 is 27.9 Å². The molecule has 0 unspecified atom stereocenters. The number of para-hydroxylation sites is 1. The summed E-state index contributed by atoms with van der Waals surface area (Å²) >= 11 is 0. The first-order valence-corrected chi connectivity index (χ1v) is 9.73. The summed E-state index contributed by atoms with van der Waals surface area (Å²) in [7, 11) is -3.63. The highest BCUT2D eigenvalue weighted by Crippen LogP contribution is 2.21. The van der Waals surface area contributed by atoms with Gasteiger partial charge in [0, 0.05) is 12.1 Å². The Morgan fingerprint density at radius 3 is 2.29 bits per heavy atom. The molecule has 1 amide bonds. The summed E-state index contributed by atoms with van der Waals surface area (Å²) in [4.78, 5) is 10.7. The Morgan fingerprint density at radius 2 is 1.75 bits per heavy atom. The van der Waals surface area contributed by atoms with Gasteiger partial charge in [0.15, 0.2) is 0 Å². The molecule has 0 aliphatic carbocycles. The van der Waals surface area contributed by atoms with Gasteiger partial charge in [-0.25, -0.2) is 18.2 Å². The highest BCUT2D eigenvalue weighted by Gasteiger charge is 2.38. The van der Waals surface area contributed by atoms with Crippen LogP contribution in [0.5, 0.6) is 0 Å². The first-order chi connectivity index (χ1) is 13.0. The van der Waals surface area contributed by atoms with Crippen molar-refractivity contribution in [2.45, 2.75) is 19.3 Å². The molecule has 0 aliphatic rings. The molecule has 0 bridgehead atoms. The van der Waals surface area contributed by atoms with E-state index in [2.05, 4.69) is 0 Å². The molecular weight excluding hydrogens is 402 g/mol. The van der Waals surface area contributed by atoms with Crippen LogP contribution in [0.2, 0.25) is 0 Å². The average Bonchev–Trinajstić information content (AvgIpc) is 2.60. The molecule has 0 radical (unpaired) electrons. The normalized spacial score (nSPS) is 11.9. The van der Waals surface area contributed by atoms with Crippen molar-refractivity contribution in [1.29, 1.82) is 0 Å². The summed E-state index contributed by atoms with van der Waals surface area (Å²) in [6.45, 7) is -0.513. The number of nitrogens with one attached hydrogen (secondary N) is 2. The van der Waals surface area contributed by atoms with Crippen LogP contribution in [0, 0.1) is 5.82 Å². The lowest BCUT2D eigenvalue weighted by Gasteiger charge is -2.22. The van der Waals surface area contributed by atoms with Crippen molar-refractivity contribution >= 4 is 21.6 Å². The standard InChI is InChI=1S/C17H17F4N3O3S/c1-28(26,27)24(14-5-3-2-4-6-14)11-12-7-8-13(15(18)9-12)10-22-23-16(25)17(19,20)21/h2-9,22H,10-11H2,1H3,(H,23,25). The van der Waals surface area contributed by atoms with Crippen molar-refractivity contribution in [2.24, 2.45) is 0 Å². The Hall–Kier alpha value is -2.66.